The van der Waals surface area contributed by atoms with E-state index in [0.717, 1.165) is 25.1 Å². The molecule has 0 fully saturated rings. The smallest absolute Gasteiger partial charge is 0.267 e. The van der Waals surface area contributed by atoms with Crippen LogP contribution in [-0.2, 0) is 11.2 Å². The molecule has 126 valence electrons. The number of hydrogen-bond donors (Lipinski definition) is 1. The highest BCUT2D eigenvalue weighted by molar-refractivity contribution is 6.44. The number of hydrogen-bond acceptors (Lipinski definition) is 3. The van der Waals surface area contributed by atoms with Crippen LogP contribution in [0, 0.1) is 11.3 Å². The van der Waals surface area contributed by atoms with E-state index in [1.165, 1.54) is 5.56 Å². The van der Waals surface area contributed by atoms with Crippen molar-refractivity contribution < 1.29 is 4.79 Å². The van der Waals surface area contributed by atoms with Crippen molar-refractivity contribution in [3.63, 3.8) is 0 Å². The molecule has 3 rings (SSSR count). The third kappa shape index (κ3) is 3.79. The standard InChI is InChI=1S/C19H15Cl2N3O/c20-15-7-3-8-16(18(15)21)23-19(25)14(11-22)12-24-10-4-6-13-5-1-2-9-17(13)24/h1-3,5,7-9,12H,4,6,10H2,(H,23,25)/b14-12-. The molecule has 0 saturated carbocycles. The zero-order valence-electron chi connectivity index (χ0n) is 13.3. The van der Waals surface area contributed by atoms with Gasteiger partial charge in [0.05, 0.1) is 15.7 Å². The van der Waals surface area contributed by atoms with Gasteiger partial charge in [-0.05, 0) is 36.6 Å². The summed E-state index contributed by atoms with van der Waals surface area (Å²) in [6.45, 7) is 0.757. The molecule has 0 atom stereocenters. The largest absolute Gasteiger partial charge is 0.346 e. The molecule has 0 aromatic heterocycles. The molecule has 0 bridgehead atoms. The van der Waals surface area contributed by atoms with E-state index < -0.39 is 5.91 Å². The number of para-hydroxylation sites is 1. The molecule has 0 aliphatic carbocycles. The van der Waals surface area contributed by atoms with E-state index in [9.17, 15) is 10.1 Å². The number of halogens is 2. The first-order chi connectivity index (χ1) is 12.1. The molecule has 0 radical (unpaired) electrons. The molecule has 1 amide bonds. The van der Waals surface area contributed by atoms with Crippen LogP contribution >= 0.6 is 23.2 Å². The second-order valence-corrected chi connectivity index (χ2v) is 6.42. The molecule has 0 saturated heterocycles. The van der Waals surface area contributed by atoms with Gasteiger partial charge < -0.3 is 10.2 Å². The summed E-state index contributed by atoms with van der Waals surface area (Å²) in [5, 5.41) is 12.6. The number of nitrogens with one attached hydrogen (secondary N) is 1. The quantitative estimate of drug-likeness (QED) is 0.623. The maximum absolute atomic E-state index is 12.5. The minimum Gasteiger partial charge on any atom is -0.346 e. The van der Waals surface area contributed by atoms with Crippen molar-refractivity contribution in [3.8, 4) is 6.07 Å². The van der Waals surface area contributed by atoms with E-state index in [2.05, 4.69) is 11.4 Å². The van der Waals surface area contributed by atoms with Crippen LogP contribution in [-0.4, -0.2) is 12.5 Å². The number of carbonyl (C=O) groups is 1. The van der Waals surface area contributed by atoms with Gasteiger partial charge >= 0.3 is 0 Å². The van der Waals surface area contributed by atoms with Crippen LogP contribution in [0.3, 0.4) is 0 Å². The molecule has 25 heavy (non-hydrogen) atoms. The fourth-order valence-corrected chi connectivity index (χ4v) is 3.13. The van der Waals surface area contributed by atoms with Crippen LogP contribution in [0.2, 0.25) is 10.0 Å². The molecule has 1 aliphatic heterocycles. The number of fused-ring (bicyclic) bond motifs is 1. The summed E-state index contributed by atoms with van der Waals surface area (Å²) in [4.78, 5) is 14.4. The van der Waals surface area contributed by atoms with Gasteiger partial charge in [-0.2, -0.15) is 5.26 Å². The average Bonchev–Trinajstić information content (AvgIpc) is 2.63. The number of benzene rings is 2. The molecule has 1 N–H and O–H groups in total. The van der Waals surface area contributed by atoms with Crippen molar-refractivity contribution >= 4 is 40.5 Å². The van der Waals surface area contributed by atoms with Crippen molar-refractivity contribution in [1.82, 2.24) is 0 Å². The van der Waals surface area contributed by atoms with Crippen LogP contribution in [0.15, 0.2) is 54.2 Å². The van der Waals surface area contributed by atoms with Gasteiger partial charge in [0, 0.05) is 18.4 Å². The summed E-state index contributed by atoms with van der Waals surface area (Å²) in [6, 6.07) is 14.9. The van der Waals surface area contributed by atoms with E-state index >= 15 is 0 Å². The van der Waals surface area contributed by atoms with Crippen molar-refractivity contribution in [3.05, 3.63) is 69.8 Å². The Kier molecular flexibility index (Phi) is 5.28. The van der Waals surface area contributed by atoms with Gasteiger partial charge in [-0.1, -0.05) is 47.5 Å². The van der Waals surface area contributed by atoms with Crippen molar-refractivity contribution in [2.75, 3.05) is 16.8 Å². The van der Waals surface area contributed by atoms with Crippen molar-refractivity contribution in [2.24, 2.45) is 0 Å². The van der Waals surface area contributed by atoms with Crippen LogP contribution < -0.4 is 10.2 Å². The van der Waals surface area contributed by atoms with Crippen molar-refractivity contribution in [2.45, 2.75) is 12.8 Å². The van der Waals surface area contributed by atoms with Gasteiger partial charge in [-0.25, -0.2) is 0 Å². The molecule has 0 spiro atoms. The third-order valence-electron chi connectivity index (χ3n) is 4.00. The summed E-state index contributed by atoms with van der Waals surface area (Å²) < 4.78 is 0. The molecular weight excluding hydrogens is 357 g/mol. The molecule has 2 aromatic carbocycles. The Morgan fingerprint density at radius 3 is 2.80 bits per heavy atom. The van der Waals surface area contributed by atoms with Gasteiger partial charge in [0.25, 0.3) is 5.91 Å². The number of aryl methyl sites for hydroxylation is 1. The third-order valence-corrected chi connectivity index (χ3v) is 4.81. The highest BCUT2D eigenvalue weighted by atomic mass is 35.5. The first-order valence-electron chi connectivity index (χ1n) is 7.82. The lowest BCUT2D eigenvalue weighted by Gasteiger charge is -2.28. The number of anilines is 2. The van der Waals surface area contributed by atoms with E-state index in [0.29, 0.717) is 10.7 Å². The Hall–Kier alpha value is -2.48. The summed E-state index contributed by atoms with van der Waals surface area (Å²) in [5.74, 6) is -0.519. The molecule has 2 aromatic rings. The Bertz CT molecular complexity index is 886. The fraction of sp³-hybridized carbons (Fsp3) is 0.158. The van der Waals surface area contributed by atoms with E-state index in [1.54, 1.807) is 24.4 Å². The lowest BCUT2D eigenvalue weighted by molar-refractivity contribution is -0.112. The Labute approximate surface area is 156 Å². The monoisotopic (exact) mass is 371 g/mol. The molecular formula is C19H15Cl2N3O. The zero-order valence-corrected chi connectivity index (χ0v) is 14.8. The summed E-state index contributed by atoms with van der Waals surface area (Å²) in [5.41, 5.74) is 2.61. The lowest BCUT2D eigenvalue weighted by Crippen LogP contribution is -2.26. The van der Waals surface area contributed by atoms with Gasteiger partial charge in [0.1, 0.15) is 11.6 Å². The SMILES string of the molecule is N#C/C(=C/N1CCCc2ccccc21)C(=O)Nc1cccc(Cl)c1Cl. The molecule has 1 heterocycles. The summed E-state index contributed by atoms with van der Waals surface area (Å²) in [6.07, 6.45) is 3.55. The minimum absolute atomic E-state index is 0.00717. The first kappa shape index (κ1) is 17.3. The Morgan fingerprint density at radius 1 is 1.20 bits per heavy atom. The van der Waals surface area contributed by atoms with Crippen LogP contribution in [0.25, 0.3) is 0 Å². The zero-order chi connectivity index (χ0) is 17.8. The minimum atomic E-state index is -0.519. The van der Waals surface area contributed by atoms with Gasteiger partial charge in [-0.15, -0.1) is 0 Å². The molecule has 1 aliphatic rings. The normalized spacial score (nSPS) is 13.8. The van der Waals surface area contributed by atoms with E-state index in [-0.39, 0.29) is 10.6 Å². The first-order valence-corrected chi connectivity index (χ1v) is 8.57. The van der Waals surface area contributed by atoms with E-state index in [4.69, 9.17) is 23.2 Å². The topological polar surface area (TPSA) is 56.1 Å². The maximum Gasteiger partial charge on any atom is 0.267 e. The summed E-state index contributed by atoms with van der Waals surface area (Å²) in [7, 11) is 0. The van der Waals surface area contributed by atoms with Crippen LogP contribution in [0.4, 0.5) is 11.4 Å². The molecule has 0 unspecified atom stereocenters. The Morgan fingerprint density at radius 2 is 2.00 bits per heavy atom. The molecule has 4 nitrogen and oxygen atoms in total. The Balaban J connectivity index is 1.85. The predicted molar refractivity (Wildman–Crippen MR) is 101 cm³/mol. The predicted octanol–water partition coefficient (Wildman–Crippen LogP) is 4.79. The van der Waals surface area contributed by atoms with Gasteiger partial charge in [-0.3, -0.25) is 4.79 Å². The molecule has 6 heteroatoms. The number of nitriles is 1. The van der Waals surface area contributed by atoms with Crippen LogP contribution in [0.1, 0.15) is 12.0 Å². The second-order valence-electron chi connectivity index (χ2n) is 5.64. The maximum atomic E-state index is 12.5. The van der Waals surface area contributed by atoms with Gasteiger partial charge in [0.15, 0.2) is 0 Å². The highest BCUT2D eigenvalue weighted by Crippen LogP contribution is 2.30. The van der Waals surface area contributed by atoms with E-state index in [1.807, 2.05) is 29.2 Å². The van der Waals surface area contributed by atoms with Crippen molar-refractivity contribution in [1.29, 1.82) is 5.26 Å². The second kappa shape index (κ2) is 7.60. The number of amides is 1. The highest BCUT2D eigenvalue weighted by Gasteiger charge is 2.18. The fourth-order valence-electron chi connectivity index (χ4n) is 2.78. The average molecular weight is 372 g/mol. The van der Waals surface area contributed by atoms with Gasteiger partial charge in [0.2, 0.25) is 0 Å². The number of rotatable bonds is 3. The van der Waals surface area contributed by atoms with Crippen LogP contribution in [0.5, 0.6) is 0 Å². The summed E-state index contributed by atoms with van der Waals surface area (Å²) >= 11 is 12.0. The number of carbonyl (C=O) groups excluding carboxylic acids is 1. The number of nitrogens with zero attached hydrogens (tertiary/aromatic N) is 2. The lowest BCUT2D eigenvalue weighted by atomic mass is 10.0.